The third-order valence-corrected chi connectivity index (χ3v) is 7.91. The first-order valence-corrected chi connectivity index (χ1v) is 12.2. The van der Waals surface area contributed by atoms with Gasteiger partial charge in [0.05, 0.1) is 0 Å². The first kappa shape index (κ1) is 18.3. The molecule has 0 amide bonds. The minimum absolute atomic E-state index is 1.20. The van der Waals surface area contributed by atoms with Gasteiger partial charge in [0.15, 0.2) is 0 Å². The summed E-state index contributed by atoms with van der Waals surface area (Å²) in [5, 5.41) is 10.8. The highest BCUT2D eigenvalue weighted by atomic mass is 14.2. The van der Waals surface area contributed by atoms with Gasteiger partial charge >= 0.3 is 0 Å². The maximum atomic E-state index is 2.43. The van der Waals surface area contributed by atoms with Crippen molar-refractivity contribution in [2.75, 3.05) is 0 Å². The molecule has 0 aromatic heterocycles. The van der Waals surface area contributed by atoms with E-state index in [9.17, 15) is 0 Å². The summed E-state index contributed by atoms with van der Waals surface area (Å²) in [7, 11) is 0. The molecule has 1 aliphatic carbocycles. The van der Waals surface area contributed by atoms with E-state index in [0.717, 1.165) is 0 Å². The lowest BCUT2D eigenvalue weighted by molar-refractivity contribution is 0.852. The molecule has 8 rings (SSSR count). The fourth-order valence-electron chi connectivity index (χ4n) is 6.17. The zero-order valence-corrected chi connectivity index (χ0v) is 18.8. The standard InChI is InChI=1S/C34H22/c1-2-10-30-29(9-1)27-17-15-26(27)20-32(30)25-8-4-7-24(19-25)28-16-13-23-12-11-21-5-3-6-22-14-18-31(28)34(23)33(21)22/h1-14,16,18-20H,15,17H2. The largest absolute Gasteiger partial charge is 0.0616 e. The average molecular weight is 431 g/mol. The Labute approximate surface area is 198 Å². The Morgan fingerprint density at radius 1 is 0.412 bits per heavy atom. The fraction of sp³-hybridized carbons (Fsp3) is 0.0588. The summed E-state index contributed by atoms with van der Waals surface area (Å²) in [6, 6.07) is 40.8. The third kappa shape index (κ3) is 2.43. The Morgan fingerprint density at radius 2 is 1.09 bits per heavy atom. The molecule has 0 nitrogen and oxygen atoms in total. The van der Waals surface area contributed by atoms with Crippen LogP contribution in [0.5, 0.6) is 0 Å². The van der Waals surface area contributed by atoms with E-state index in [1.54, 1.807) is 5.56 Å². The van der Waals surface area contributed by atoms with E-state index < -0.39 is 0 Å². The highest BCUT2D eigenvalue weighted by molar-refractivity contribution is 6.25. The van der Waals surface area contributed by atoms with Crippen LogP contribution in [-0.4, -0.2) is 0 Å². The van der Waals surface area contributed by atoms with Crippen molar-refractivity contribution in [2.45, 2.75) is 12.8 Å². The maximum Gasteiger partial charge on any atom is -0.00206 e. The summed E-state index contributed by atoms with van der Waals surface area (Å²) in [4.78, 5) is 0. The molecule has 0 saturated heterocycles. The summed E-state index contributed by atoms with van der Waals surface area (Å²) in [5.41, 5.74) is 8.30. The molecule has 34 heavy (non-hydrogen) atoms. The lowest BCUT2D eigenvalue weighted by atomic mass is 9.81. The van der Waals surface area contributed by atoms with Gasteiger partial charge in [-0.25, -0.2) is 0 Å². The summed E-state index contributed by atoms with van der Waals surface area (Å²) < 4.78 is 0. The average Bonchev–Trinajstić information content (AvgIpc) is 2.87. The Kier molecular flexibility index (Phi) is 3.59. The van der Waals surface area contributed by atoms with Gasteiger partial charge in [-0.1, -0.05) is 103 Å². The number of hydrogen-bond acceptors (Lipinski definition) is 0. The van der Waals surface area contributed by atoms with Crippen molar-refractivity contribution in [3.8, 4) is 22.3 Å². The van der Waals surface area contributed by atoms with E-state index in [1.165, 1.54) is 83.7 Å². The number of fused-ring (bicyclic) bond motifs is 3. The highest BCUT2D eigenvalue weighted by Crippen LogP contribution is 2.42. The molecule has 0 fully saturated rings. The molecule has 0 aliphatic heterocycles. The monoisotopic (exact) mass is 430 g/mol. The quantitative estimate of drug-likeness (QED) is 0.240. The van der Waals surface area contributed by atoms with Crippen LogP contribution in [-0.2, 0) is 12.8 Å². The first-order valence-electron chi connectivity index (χ1n) is 12.2. The van der Waals surface area contributed by atoms with Crippen LogP contribution in [0.3, 0.4) is 0 Å². The molecule has 0 radical (unpaired) electrons. The van der Waals surface area contributed by atoms with E-state index in [-0.39, 0.29) is 0 Å². The van der Waals surface area contributed by atoms with Crippen molar-refractivity contribution in [1.82, 2.24) is 0 Å². The van der Waals surface area contributed by atoms with Crippen LogP contribution in [0.2, 0.25) is 0 Å². The van der Waals surface area contributed by atoms with Gasteiger partial charge in [0.1, 0.15) is 0 Å². The second-order valence-corrected chi connectivity index (χ2v) is 9.66. The van der Waals surface area contributed by atoms with Crippen molar-refractivity contribution in [3.05, 3.63) is 120 Å². The summed E-state index contributed by atoms with van der Waals surface area (Å²) in [5.74, 6) is 0. The van der Waals surface area contributed by atoms with Gasteiger partial charge in [0.25, 0.3) is 0 Å². The molecule has 0 saturated carbocycles. The molecule has 0 spiro atoms. The zero-order valence-electron chi connectivity index (χ0n) is 18.8. The smallest absolute Gasteiger partial charge is 0.00206 e. The normalized spacial score (nSPS) is 13.1. The summed E-state index contributed by atoms with van der Waals surface area (Å²) in [6.45, 7) is 0. The topological polar surface area (TPSA) is 0 Å². The van der Waals surface area contributed by atoms with Crippen molar-refractivity contribution in [3.63, 3.8) is 0 Å². The molecule has 0 unspecified atom stereocenters. The molecular weight excluding hydrogens is 408 g/mol. The van der Waals surface area contributed by atoms with E-state index >= 15 is 0 Å². The van der Waals surface area contributed by atoms with Crippen LogP contribution >= 0.6 is 0 Å². The lowest BCUT2D eigenvalue weighted by Crippen LogP contribution is -2.09. The number of aryl methyl sites for hydroxylation is 2. The molecule has 158 valence electrons. The van der Waals surface area contributed by atoms with Crippen molar-refractivity contribution in [1.29, 1.82) is 0 Å². The zero-order chi connectivity index (χ0) is 22.2. The minimum Gasteiger partial charge on any atom is -0.0616 e. The van der Waals surface area contributed by atoms with Crippen LogP contribution < -0.4 is 0 Å². The second kappa shape index (κ2) is 6.68. The Hall–Kier alpha value is -4.16. The van der Waals surface area contributed by atoms with Crippen LogP contribution in [0.25, 0.3) is 65.3 Å². The number of benzene rings is 7. The van der Waals surface area contributed by atoms with Gasteiger partial charge in [-0.2, -0.15) is 0 Å². The summed E-state index contributed by atoms with van der Waals surface area (Å²) >= 11 is 0. The molecule has 0 heteroatoms. The van der Waals surface area contributed by atoms with E-state index in [4.69, 9.17) is 0 Å². The predicted molar refractivity (Wildman–Crippen MR) is 146 cm³/mol. The fourth-order valence-corrected chi connectivity index (χ4v) is 6.17. The van der Waals surface area contributed by atoms with Crippen LogP contribution in [0, 0.1) is 0 Å². The van der Waals surface area contributed by atoms with Crippen LogP contribution in [0.4, 0.5) is 0 Å². The Bertz CT molecular complexity index is 1890. The Balaban J connectivity index is 1.39. The molecule has 0 atom stereocenters. The summed E-state index contributed by atoms with van der Waals surface area (Å²) in [6.07, 6.45) is 2.40. The number of rotatable bonds is 2. The van der Waals surface area contributed by atoms with Crippen molar-refractivity contribution in [2.24, 2.45) is 0 Å². The van der Waals surface area contributed by atoms with Crippen LogP contribution in [0.15, 0.2) is 109 Å². The van der Waals surface area contributed by atoms with E-state index in [2.05, 4.69) is 109 Å². The predicted octanol–water partition coefficient (Wildman–Crippen LogP) is 9.17. The van der Waals surface area contributed by atoms with Gasteiger partial charge in [-0.05, 0) is 95.4 Å². The molecule has 7 aromatic rings. The minimum atomic E-state index is 1.20. The van der Waals surface area contributed by atoms with Crippen LogP contribution in [0.1, 0.15) is 11.1 Å². The second-order valence-electron chi connectivity index (χ2n) is 9.66. The van der Waals surface area contributed by atoms with Gasteiger partial charge < -0.3 is 0 Å². The first-order chi connectivity index (χ1) is 16.8. The Morgan fingerprint density at radius 3 is 1.88 bits per heavy atom. The molecule has 7 aromatic carbocycles. The van der Waals surface area contributed by atoms with Crippen molar-refractivity contribution < 1.29 is 0 Å². The van der Waals surface area contributed by atoms with Gasteiger partial charge in [0, 0.05) is 0 Å². The van der Waals surface area contributed by atoms with E-state index in [0.29, 0.717) is 0 Å². The lowest BCUT2D eigenvalue weighted by Gasteiger charge is -2.23. The van der Waals surface area contributed by atoms with Gasteiger partial charge in [0.2, 0.25) is 0 Å². The molecular formula is C34H22. The molecule has 0 heterocycles. The van der Waals surface area contributed by atoms with E-state index in [1.807, 2.05) is 0 Å². The SMILES string of the molecule is c1cc(-c2cc3c(c4ccccc24)CC3)cc(-c2ccc3ccc4cccc5ccc2c3c45)c1. The molecule has 1 aliphatic rings. The van der Waals surface area contributed by atoms with Gasteiger partial charge in [-0.3, -0.25) is 0 Å². The van der Waals surface area contributed by atoms with Gasteiger partial charge in [-0.15, -0.1) is 0 Å². The molecule has 0 N–H and O–H groups in total. The maximum absolute atomic E-state index is 2.43. The highest BCUT2D eigenvalue weighted by Gasteiger charge is 2.19. The third-order valence-electron chi connectivity index (χ3n) is 7.91. The van der Waals surface area contributed by atoms with Crippen molar-refractivity contribution >= 4 is 43.1 Å². The number of hydrogen-bond donors (Lipinski definition) is 0. The molecule has 0 bridgehead atoms.